The lowest BCUT2D eigenvalue weighted by atomic mass is 10.1. The normalized spacial score (nSPS) is 22.1. The third kappa shape index (κ3) is 5.19. The number of aromatic nitrogens is 1. The van der Waals surface area contributed by atoms with Gasteiger partial charge in [0, 0.05) is 18.8 Å². The van der Waals surface area contributed by atoms with Gasteiger partial charge in [0.15, 0.2) is 6.10 Å². The Hall–Kier alpha value is -2.16. The van der Waals surface area contributed by atoms with E-state index in [1.54, 1.807) is 12.1 Å². The highest BCUT2D eigenvalue weighted by Crippen LogP contribution is 2.34. The van der Waals surface area contributed by atoms with Gasteiger partial charge in [0.25, 0.3) is 0 Å². The van der Waals surface area contributed by atoms with Crippen LogP contribution in [0.1, 0.15) is 24.8 Å². The molecule has 6 nitrogen and oxygen atoms in total. The molecule has 0 saturated carbocycles. The lowest BCUT2D eigenvalue weighted by Crippen LogP contribution is -2.43. The number of aliphatic carboxylic acids is 1. The number of carboxylic acids is 1. The number of rotatable bonds is 6. The van der Waals surface area contributed by atoms with E-state index < -0.39 is 36.3 Å². The first-order chi connectivity index (χ1) is 11.3. The van der Waals surface area contributed by atoms with Crippen LogP contribution in [0, 0.1) is 0 Å². The van der Waals surface area contributed by atoms with Crippen molar-refractivity contribution in [2.24, 2.45) is 0 Å². The monoisotopic (exact) mass is 346 g/mol. The largest absolute Gasteiger partial charge is 0.480 e. The molecule has 2 heterocycles. The summed E-state index contributed by atoms with van der Waals surface area (Å²) in [5, 5.41) is 11.5. The molecule has 1 amide bonds. The maximum absolute atomic E-state index is 12.5. The zero-order chi connectivity index (χ0) is 17.7. The van der Waals surface area contributed by atoms with Gasteiger partial charge < -0.3 is 15.2 Å². The molecule has 3 atom stereocenters. The molecule has 1 aliphatic heterocycles. The predicted molar refractivity (Wildman–Crippen MR) is 76.1 cm³/mol. The van der Waals surface area contributed by atoms with Crippen molar-refractivity contribution < 1.29 is 32.6 Å². The maximum atomic E-state index is 12.5. The number of halogens is 3. The van der Waals surface area contributed by atoms with Gasteiger partial charge in [-0.15, -0.1) is 0 Å². The summed E-state index contributed by atoms with van der Waals surface area (Å²) in [6.45, 7) is 0. The van der Waals surface area contributed by atoms with Gasteiger partial charge in [-0.05, 0) is 30.5 Å². The van der Waals surface area contributed by atoms with Crippen molar-refractivity contribution in [3.8, 4) is 0 Å². The molecule has 24 heavy (non-hydrogen) atoms. The summed E-state index contributed by atoms with van der Waals surface area (Å²) < 4.78 is 42.4. The number of nitrogens with zero attached hydrogens (tertiary/aromatic N) is 1. The zero-order valence-electron chi connectivity index (χ0n) is 12.6. The van der Waals surface area contributed by atoms with Crippen LogP contribution in [0.2, 0.25) is 0 Å². The van der Waals surface area contributed by atoms with Crippen molar-refractivity contribution >= 4 is 11.9 Å². The summed E-state index contributed by atoms with van der Waals surface area (Å²) in [7, 11) is 0. The molecule has 132 valence electrons. The van der Waals surface area contributed by atoms with Gasteiger partial charge in [-0.1, -0.05) is 0 Å². The Morgan fingerprint density at radius 1 is 1.33 bits per heavy atom. The van der Waals surface area contributed by atoms with Gasteiger partial charge in [-0.25, -0.2) is 4.79 Å². The van der Waals surface area contributed by atoms with E-state index in [-0.39, 0.29) is 25.7 Å². The first-order valence-corrected chi connectivity index (χ1v) is 7.39. The van der Waals surface area contributed by atoms with E-state index in [1.165, 1.54) is 12.4 Å². The third-order valence-corrected chi connectivity index (χ3v) is 3.71. The van der Waals surface area contributed by atoms with Crippen molar-refractivity contribution in [3.05, 3.63) is 30.1 Å². The summed E-state index contributed by atoms with van der Waals surface area (Å²) in [5.74, 6) is -1.87. The zero-order valence-corrected chi connectivity index (χ0v) is 12.6. The number of ether oxygens (including phenoxy) is 1. The van der Waals surface area contributed by atoms with E-state index in [0.717, 1.165) is 0 Å². The molecule has 1 saturated heterocycles. The van der Waals surface area contributed by atoms with Crippen LogP contribution < -0.4 is 5.32 Å². The lowest BCUT2D eigenvalue weighted by Gasteiger charge is -2.18. The molecule has 9 heteroatoms. The highest BCUT2D eigenvalue weighted by molar-refractivity contribution is 5.84. The number of pyridine rings is 1. The third-order valence-electron chi connectivity index (χ3n) is 3.71. The van der Waals surface area contributed by atoms with E-state index in [0.29, 0.717) is 5.56 Å². The fourth-order valence-electron chi connectivity index (χ4n) is 2.51. The molecule has 1 fully saturated rings. The second kappa shape index (κ2) is 7.61. The average molecular weight is 346 g/mol. The maximum Gasteiger partial charge on any atom is 0.414 e. The lowest BCUT2D eigenvalue weighted by molar-refractivity contribution is -0.215. The van der Waals surface area contributed by atoms with Crippen LogP contribution in [-0.4, -0.2) is 46.4 Å². The van der Waals surface area contributed by atoms with Crippen LogP contribution in [0.5, 0.6) is 0 Å². The smallest absolute Gasteiger partial charge is 0.414 e. The first-order valence-electron chi connectivity index (χ1n) is 7.39. The SMILES string of the molecule is O=C(CC1CCC(C(F)(F)F)O1)NC(Cc1ccncc1)C(=O)O. The molecule has 0 aromatic carbocycles. The summed E-state index contributed by atoms with van der Waals surface area (Å²) in [6, 6.07) is 2.08. The second-order valence-corrected chi connectivity index (χ2v) is 5.59. The molecule has 1 aromatic heterocycles. The Labute approximate surface area is 136 Å². The number of amides is 1. The average Bonchev–Trinajstić information content (AvgIpc) is 2.96. The molecule has 0 aliphatic carbocycles. The Morgan fingerprint density at radius 3 is 2.54 bits per heavy atom. The number of carbonyl (C=O) groups is 2. The highest BCUT2D eigenvalue weighted by Gasteiger charge is 2.45. The summed E-state index contributed by atoms with van der Waals surface area (Å²) in [5.41, 5.74) is 0.673. The molecule has 0 radical (unpaired) electrons. The van der Waals surface area contributed by atoms with Crippen LogP contribution in [0.25, 0.3) is 0 Å². The number of hydrogen-bond donors (Lipinski definition) is 2. The number of nitrogens with one attached hydrogen (secondary N) is 1. The summed E-state index contributed by atoms with van der Waals surface area (Å²) >= 11 is 0. The van der Waals surface area contributed by atoms with Gasteiger partial charge in [0.05, 0.1) is 12.5 Å². The fourth-order valence-corrected chi connectivity index (χ4v) is 2.51. The molecule has 3 unspecified atom stereocenters. The van der Waals surface area contributed by atoms with Gasteiger partial charge in [-0.2, -0.15) is 13.2 Å². The first kappa shape index (κ1) is 18.2. The van der Waals surface area contributed by atoms with Gasteiger partial charge >= 0.3 is 12.1 Å². The minimum Gasteiger partial charge on any atom is -0.480 e. The van der Waals surface area contributed by atoms with Crippen molar-refractivity contribution in [1.82, 2.24) is 10.3 Å². The summed E-state index contributed by atoms with van der Waals surface area (Å²) in [4.78, 5) is 27.0. The van der Waals surface area contributed by atoms with E-state index in [2.05, 4.69) is 10.3 Å². The van der Waals surface area contributed by atoms with E-state index in [4.69, 9.17) is 4.74 Å². The quantitative estimate of drug-likeness (QED) is 0.818. The Morgan fingerprint density at radius 2 is 2.00 bits per heavy atom. The van der Waals surface area contributed by atoms with Crippen molar-refractivity contribution in [3.63, 3.8) is 0 Å². The minimum atomic E-state index is -4.45. The van der Waals surface area contributed by atoms with Crippen LogP contribution in [0.15, 0.2) is 24.5 Å². The van der Waals surface area contributed by atoms with Crippen molar-refractivity contribution in [2.75, 3.05) is 0 Å². The minimum absolute atomic E-state index is 0.0558. The number of hydrogen-bond acceptors (Lipinski definition) is 4. The van der Waals surface area contributed by atoms with Gasteiger partial charge in [0.1, 0.15) is 6.04 Å². The van der Waals surface area contributed by atoms with Crippen LogP contribution in [-0.2, 0) is 20.7 Å². The van der Waals surface area contributed by atoms with E-state index in [9.17, 15) is 27.9 Å². The molecule has 1 aromatic rings. The van der Waals surface area contributed by atoms with E-state index >= 15 is 0 Å². The van der Waals surface area contributed by atoms with E-state index in [1.807, 2.05) is 0 Å². The van der Waals surface area contributed by atoms with Gasteiger partial charge in [0.2, 0.25) is 5.91 Å². The molecular weight excluding hydrogens is 329 g/mol. The molecule has 2 N–H and O–H groups in total. The van der Waals surface area contributed by atoms with Crippen molar-refractivity contribution in [1.29, 1.82) is 0 Å². The second-order valence-electron chi connectivity index (χ2n) is 5.59. The molecular formula is C15H17F3N2O4. The van der Waals surface area contributed by atoms with Crippen molar-refractivity contribution in [2.45, 2.75) is 50.1 Å². The Bertz CT molecular complexity index is 580. The topological polar surface area (TPSA) is 88.5 Å². The fraction of sp³-hybridized carbons (Fsp3) is 0.533. The Kier molecular flexibility index (Phi) is 5.76. The predicted octanol–water partition coefficient (Wildman–Crippen LogP) is 1.69. The molecule has 2 rings (SSSR count). The molecule has 1 aliphatic rings. The van der Waals surface area contributed by atoms with Gasteiger partial charge in [-0.3, -0.25) is 9.78 Å². The van der Waals surface area contributed by atoms with Crippen LogP contribution in [0.3, 0.4) is 0 Å². The highest BCUT2D eigenvalue weighted by atomic mass is 19.4. The van der Waals surface area contributed by atoms with Crippen LogP contribution >= 0.6 is 0 Å². The summed E-state index contributed by atoms with van der Waals surface area (Å²) in [6.07, 6.45) is -4.49. The molecule has 0 spiro atoms. The standard InChI is InChI=1S/C15H17F3N2O4/c16-15(17,18)12-2-1-10(24-12)8-13(21)20-11(14(22)23)7-9-3-5-19-6-4-9/h3-6,10-12H,1-2,7-8H2,(H,20,21)(H,22,23). The van der Waals surface area contributed by atoms with Crippen LogP contribution in [0.4, 0.5) is 13.2 Å². The number of carboxylic acid groups (broad SMARTS) is 1. The Balaban J connectivity index is 1.86. The number of alkyl halides is 3. The number of carbonyl (C=O) groups excluding carboxylic acids is 1. The molecule has 0 bridgehead atoms.